The Morgan fingerprint density at radius 1 is 1.52 bits per heavy atom. The van der Waals surface area contributed by atoms with Crippen LogP contribution < -0.4 is 5.32 Å². The summed E-state index contributed by atoms with van der Waals surface area (Å²) in [6, 6.07) is 5.54. The van der Waals surface area contributed by atoms with E-state index in [4.69, 9.17) is 9.52 Å². The van der Waals surface area contributed by atoms with Gasteiger partial charge < -0.3 is 14.8 Å². The predicted molar refractivity (Wildman–Crippen MR) is 88.8 cm³/mol. The first-order chi connectivity index (χ1) is 11.1. The number of carbonyl (C=O) groups is 1. The summed E-state index contributed by atoms with van der Waals surface area (Å²) in [6.07, 6.45) is 5.91. The van der Waals surface area contributed by atoms with Gasteiger partial charge in [-0.2, -0.15) is 17.0 Å². The molecule has 1 atom stereocenters. The van der Waals surface area contributed by atoms with Crippen LogP contribution in [0.25, 0.3) is 5.88 Å². The molecule has 0 fully saturated rings. The zero-order valence-electron chi connectivity index (χ0n) is 13.1. The fourth-order valence-electron chi connectivity index (χ4n) is 2.37. The molecule has 7 heteroatoms. The van der Waals surface area contributed by atoms with Crippen molar-refractivity contribution in [2.45, 2.75) is 19.4 Å². The number of rotatable bonds is 7. The second-order valence-corrected chi connectivity index (χ2v) is 5.96. The molecule has 122 valence electrons. The molecule has 2 N–H and O–H groups in total. The van der Waals surface area contributed by atoms with Crippen LogP contribution in [0.3, 0.4) is 0 Å². The highest BCUT2D eigenvalue weighted by Crippen LogP contribution is 2.25. The van der Waals surface area contributed by atoms with E-state index in [9.17, 15) is 10.1 Å². The van der Waals surface area contributed by atoms with Gasteiger partial charge in [0.05, 0.1) is 0 Å². The van der Waals surface area contributed by atoms with E-state index in [0.717, 1.165) is 0 Å². The standard InChI is InChI=1S/C16H19N3O3S/c1-11-14(15(21)18-12(5-8-20)10-23-2)13(9-17)16(22-11)19-6-3-4-7-19/h3-4,6-7,12,20H,5,8,10H2,1-2H3,(H,18,21). The van der Waals surface area contributed by atoms with Crippen LogP contribution in [-0.4, -0.2) is 40.2 Å². The van der Waals surface area contributed by atoms with Crippen molar-refractivity contribution in [3.8, 4) is 12.0 Å². The lowest BCUT2D eigenvalue weighted by Crippen LogP contribution is -2.37. The number of amides is 1. The van der Waals surface area contributed by atoms with E-state index >= 15 is 0 Å². The topological polar surface area (TPSA) is 91.2 Å². The first-order valence-electron chi connectivity index (χ1n) is 7.19. The summed E-state index contributed by atoms with van der Waals surface area (Å²) in [7, 11) is 0. The zero-order chi connectivity index (χ0) is 16.8. The summed E-state index contributed by atoms with van der Waals surface area (Å²) in [5, 5.41) is 21.4. The maximum atomic E-state index is 12.6. The van der Waals surface area contributed by atoms with E-state index in [2.05, 4.69) is 11.4 Å². The minimum Gasteiger partial charge on any atom is -0.443 e. The van der Waals surface area contributed by atoms with Gasteiger partial charge >= 0.3 is 0 Å². The predicted octanol–water partition coefficient (Wildman–Crippen LogP) is 2.09. The number of nitrogens with zero attached hydrogens (tertiary/aromatic N) is 2. The first-order valence-corrected chi connectivity index (χ1v) is 8.59. The molecule has 0 aromatic carbocycles. The number of aromatic nitrogens is 1. The number of aliphatic hydroxyl groups excluding tert-OH is 1. The SMILES string of the molecule is CSCC(CCO)NC(=O)c1c(C)oc(-n2cccc2)c1C#N. The third-order valence-corrected chi connectivity index (χ3v) is 4.16. The third kappa shape index (κ3) is 3.78. The Bertz CT molecular complexity index is 695. The van der Waals surface area contributed by atoms with Crippen molar-refractivity contribution in [3.05, 3.63) is 41.4 Å². The number of furan rings is 1. The summed E-state index contributed by atoms with van der Waals surface area (Å²) in [4.78, 5) is 12.6. The molecule has 0 aliphatic rings. The summed E-state index contributed by atoms with van der Waals surface area (Å²) < 4.78 is 7.29. The maximum absolute atomic E-state index is 12.6. The van der Waals surface area contributed by atoms with Gasteiger partial charge in [-0.1, -0.05) is 0 Å². The second kappa shape index (κ2) is 7.90. The highest BCUT2D eigenvalue weighted by Gasteiger charge is 2.25. The van der Waals surface area contributed by atoms with Crippen LogP contribution in [0.15, 0.2) is 28.9 Å². The van der Waals surface area contributed by atoms with Crippen molar-refractivity contribution >= 4 is 17.7 Å². The van der Waals surface area contributed by atoms with Crippen molar-refractivity contribution in [2.75, 3.05) is 18.6 Å². The number of hydrogen-bond acceptors (Lipinski definition) is 5. The normalized spacial score (nSPS) is 11.9. The Morgan fingerprint density at radius 2 is 2.22 bits per heavy atom. The number of carbonyl (C=O) groups excluding carboxylic acids is 1. The van der Waals surface area contributed by atoms with Gasteiger partial charge in [0.2, 0.25) is 5.88 Å². The van der Waals surface area contributed by atoms with Crippen molar-refractivity contribution in [3.63, 3.8) is 0 Å². The van der Waals surface area contributed by atoms with Crippen molar-refractivity contribution in [2.24, 2.45) is 0 Å². The molecule has 0 saturated heterocycles. The van der Waals surface area contributed by atoms with E-state index in [1.165, 1.54) is 0 Å². The molecule has 2 aromatic heterocycles. The van der Waals surface area contributed by atoms with Gasteiger partial charge in [0, 0.05) is 30.8 Å². The van der Waals surface area contributed by atoms with E-state index < -0.39 is 0 Å². The van der Waals surface area contributed by atoms with Crippen LogP contribution in [0.5, 0.6) is 0 Å². The highest BCUT2D eigenvalue weighted by atomic mass is 32.2. The fraction of sp³-hybridized carbons (Fsp3) is 0.375. The Balaban J connectivity index is 2.32. The molecule has 23 heavy (non-hydrogen) atoms. The van der Waals surface area contributed by atoms with Crippen LogP contribution in [0.2, 0.25) is 0 Å². The minimum absolute atomic E-state index is 0.00437. The van der Waals surface area contributed by atoms with Gasteiger partial charge in [-0.05, 0) is 31.7 Å². The molecular formula is C16H19N3O3S. The first kappa shape index (κ1) is 17.2. The van der Waals surface area contributed by atoms with E-state index in [-0.39, 0.29) is 29.7 Å². The monoisotopic (exact) mass is 333 g/mol. The summed E-state index contributed by atoms with van der Waals surface area (Å²) >= 11 is 1.59. The molecule has 6 nitrogen and oxygen atoms in total. The van der Waals surface area contributed by atoms with Gasteiger partial charge in [-0.3, -0.25) is 9.36 Å². The molecule has 0 bridgehead atoms. The third-order valence-electron chi connectivity index (χ3n) is 3.42. The molecule has 2 rings (SSSR count). The molecule has 0 aliphatic carbocycles. The number of aliphatic hydroxyl groups is 1. The molecule has 0 spiro atoms. The fourth-order valence-corrected chi connectivity index (χ4v) is 3.02. The van der Waals surface area contributed by atoms with E-state index in [1.807, 2.05) is 18.4 Å². The molecule has 0 saturated carbocycles. The van der Waals surface area contributed by atoms with Gasteiger partial charge in [-0.25, -0.2) is 0 Å². The largest absolute Gasteiger partial charge is 0.443 e. The molecule has 2 aromatic rings. The number of nitriles is 1. The Labute approximate surface area is 139 Å². The Hall–Kier alpha value is -2.17. The molecule has 1 unspecified atom stereocenters. The smallest absolute Gasteiger partial charge is 0.256 e. The number of hydrogen-bond donors (Lipinski definition) is 2. The van der Waals surface area contributed by atoms with E-state index in [1.54, 1.807) is 35.6 Å². The van der Waals surface area contributed by atoms with Crippen molar-refractivity contribution in [1.82, 2.24) is 9.88 Å². The lowest BCUT2D eigenvalue weighted by atomic mass is 10.1. The van der Waals surface area contributed by atoms with Gasteiger partial charge in [0.25, 0.3) is 5.91 Å². The van der Waals surface area contributed by atoms with Crippen molar-refractivity contribution < 1.29 is 14.3 Å². The lowest BCUT2D eigenvalue weighted by molar-refractivity contribution is 0.0933. The van der Waals surface area contributed by atoms with Crippen LogP contribution in [0, 0.1) is 18.3 Å². The highest BCUT2D eigenvalue weighted by molar-refractivity contribution is 7.98. The van der Waals surface area contributed by atoms with Gasteiger partial charge in [0.1, 0.15) is 23.0 Å². The van der Waals surface area contributed by atoms with Crippen LogP contribution in [0.4, 0.5) is 0 Å². The molecule has 2 heterocycles. The second-order valence-electron chi connectivity index (χ2n) is 5.05. The van der Waals surface area contributed by atoms with E-state index in [0.29, 0.717) is 23.8 Å². The summed E-state index contributed by atoms with van der Waals surface area (Å²) in [6.45, 7) is 1.66. The number of aryl methyl sites for hydroxylation is 1. The molecule has 0 aliphatic heterocycles. The molecule has 0 radical (unpaired) electrons. The van der Waals surface area contributed by atoms with Gasteiger partial charge in [-0.15, -0.1) is 0 Å². The quantitative estimate of drug-likeness (QED) is 0.809. The van der Waals surface area contributed by atoms with Crippen LogP contribution in [-0.2, 0) is 0 Å². The molecule has 1 amide bonds. The van der Waals surface area contributed by atoms with Gasteiger partial charge in [0.15, 0.2) is 0 Å². The Kier molecular flexibility index (Phi) is 5.90. The lowest BCUT2D eigenvalue weighted by Gasteiger charge is -2.16. The van der Waals surface area contributed by atoms with Crippen LogP contribution in [0.1, 0.15) is 28.1 Å². The number of thioether (sulfide) groups is 1. The minimum atomic E-state index is -0.353. The van der Waals surface area contributed by atoms with Crippen LogP contribution >= 0.6 is 11.8 Å². The summed E-state index contributed by atoms with van der Waals surface area (Å²) in [5.74, 6) is 1.07. The van der Waals surface area contributed by atoms with Crippen molar-refractivity contribution in [1.29, 1.82) is 5.26 Å². The zero-order valence-corrected chi connectivity index (χ0v) is 13.9. The Morgan fingerprint density at radius 3 is 2.78 bits per heavy atom. The average Bonchev–Trinajstić information content (AvgIpc) is 3.14. The molecular weight excluding hydrogens is 314 g/mol. The summed E-state index contributed by atoms with van der Waals surface area (Å²) in [5.41, 5.74) is 0.461. The maximum Gasteiger partial charge on any atom is 0.256 e. The number of nitrogens with one attached hydrogen (secondary N) is 1. The average molecular weight is 333 g/mol.